The summed E-state index contributed by atoms with van der Waals surface area (Å²) in [6, 6.07) is 21.2. The van der Waals surface area contributed by atoms with Gasteiger partial charge >= 0.3 is 24.3 Å². The highest BCUT2D eigenvalue weighted by molar-refractivity contribution is 5.73. The van der Waals surface area contributed by atoms with Gasteiger partial charge in [0.25, 0.3) is 0 Å². The third kappa shape index (κ3) is 10.1. The molecule has 0 saturated carbocycles. The van der Waals surface area contributed by atoms with E-state index < -0.39 is 24.3 Å². The Bertz CT molecular complexity index is 1570. The summed E-state index contributed by atoms with van der Waals surface area (Å²) in [6.07, 6.45) is -5.88. The maximum Gasteiger partial charge on any atom is 0.490 e. The molecule has 0 aliphatic carbocycles. The molecule has 2 aromatic heterocycles. The van der Waals surface area contributed by atoms with Gasteiger partial charge in [0.2, 0.25) is 0 Å². The van der Waals surface area contributed by atoms with E-state index in [1.54, 1.807) is 7.11 Å². The van der Waals surface area contributed by atoms with Gasteiger partial charge in [0, 0.05) is 18.3 Å². The Morgan fingerprint density at radius 2 is 1.58 bits per heavy atom. The summed E-state index contributed by atoms with van der Waals surface area (Å²) < 4.78 is 70.7. The minimum Gasteiger partial charge on any atom is -0.497 e. The summed E-state index contributed by atoms with van der Waals surface area (Å²) in [5.41, 5.74) is 6.71. The number of nitrogens with zero attached hydrogens (tertiary/aromatic N) is 4. The molecule has 0 bridgehead atoms. The highest BCUT2D eigenvalue weighted by Gasteiger charge is 2.39. The first kappa shape index (κ1) is 34.6. The molecule has 242 valence electrons. The number of benzene rings is 2. The number of carboxylic acids is 2. The molecule has 1 aliphatic heterocycles. The van der Waals surface area contributed by atoms with Crippen molar-refractivity contribution in [3.63, 3.8) is 0 Å². The van der Waals surface area contributed by atoms with E-state index in [0.717, 1.165) is 47.8 Å². The Hall–Kier alpha value is -4.86. The molecule has 1 atom stereocenters. The van der Waals surface area contributed by atoms with Crippen LogP contribution in [0.3, 0.4) is 0 Å². The molecule has 0 spiro atoms. The summed E-state index contributed by atoms with van der Waals surface area (Å²) in [4.78, 5) is 20.3. The Kier molecular flexibility index (Phi) is 11.3. The Labute approximate surface area is 252 Å². The van der Waals surface area contributed by atoms with E-state index >= 15 is 0 Å². The van der Waals surface area contributed by atoms with Gasteiger partial charge in [-0.3, -0.25) is 4.90 Å². The number of aromatic nitrogens is 3. The van der Waals surface area contributed by atoms with Crippen molar-refractivity contribution < 1.29 is 50.9 Å². The minimum atomic E-state index is -5.08. The van der Waals surface area contributed by atoms with Gasteiger partial charge < -0.3 is 20.3 Å². The molecule has 1 aliphatic rings. The maximum atomic E-state index is 10.6. The molecular weight excluding hydrogens is 612 g/mol. The fourth-order valence-corrected chi connectivity index (χ4v) is 4.35. The van der Waals surface area contributed by atoms with Crippen LogP contribution >= 0.6 is 0 Å². The van der Waals surface area contributed by atoms with E-state index in [0.29, 0.717) is 6.04 Å². The third-order valence-corrected chi connectivity index (χ3v) is 6.47. The average Bonchev–Trinajstić information content (AvgIpc) is 3.60. The molecule has 0 amide bonds. The lowest BCUT2D eigenvalue weighted by Crippen LogP contribution is -2.23. The van der Waals surface area contributed by atoms with Crippen LogP contribution in [0.15, 0.2) is 66.9 Å². The summed E-state index contributed by atoms with van der Waals surface area (Å²) in [5.74, 6) is -4.69. The van der Waals surface area contributed by atoms with Gasteiger partial charge in [-0.2, -0.15) is 26.3 Å². The number of rotatable bonds is 6. The third-order valence-electron chi connectivity index (χ3n) is 6.47. The van der Waals surface area contributed by atoms with E-state index in [9.17, 15) is 26.3 Å². The molecule has 1 saturated heterocycles. The largest absolute Gasteiger partial charge is 0.497 e. The number of hydrogen-bond acceptors (Lipinski definition) is 7. The average molecular weight is 642 g/mol. The van der Waals surface area contributed by atoms with Crippen molar-refractivity contribution in [1.29, 1.82) is 0 Å². The van der Waals surface area contributed by atoms with Gasteiger partial charge in [-0.05, 0) is 56.1 Å². The van der Waals surface area contributed by atoms with Crippen LogP contribution in [-0.4, -0.2) is 67.9 Å². The van der Waals surface area contributed by atoms with Crippen molar-refractivity contribution in [2.45, 2.75) is 44.7 Å². The maximum absolute atomic E-state index is 10.6. The smallest absolute Gasteiger partial charge is 0.490 e. The van der Waals surface area contributed by atoms with Gasteiger partial charge in [-0.1, -0.05) is 41.1 Å². The monoisotopic (exact) mass is 641 g/mol. The van der Waals surface area contributed by atoms with Gasteiger partial charge in [0.1, 0.15) is 11.4 Å². The molecule has 3 N–H and O–H groups in total. The van der Waals surface area contributed by atoms with Gasteiger partial charge in [-0.25, -0.2) is 14.1 Å². The number of ether oxygens (including phenoxy) is 1. The van der Waals surface area contributed by atoms with Crippen LogP contribution < -0.4 is 10.1 Å². The summed E-state index contributed by atoms with van der Waals surface area (Å²) in [5, 5.41) is 26.7. The molecule has 4 aromatic rings. The topological polar surface area (TPSA) is 129 Å². The predicted molar refractivity (Wildman–Crippen MR) is 150 cm³/mol. The molecule has 3 heterocycles. The number of pyridine rings is 1. The highest BCUT2D eigenvalue weighted by atomic mass is 19.4. The Balaban J connectivity index is 0.000000331. The van der Waals surface area contributed by atoms with E-state index in [1.165, 1.54) is 17.5 Å². The lowest BCUT2D eigenvalue weighted by atomic mass is 10.1. The molecule has 1 unspecified atom stereocenters. The zero-order valence-electron chi connectivity index (χ0n) is 23.9. The van der Waals surface area contributed by atoms with Crippen LogP contribution in [0.5, 0.6) is 5.75 Å². The lowest BCUT2D eigenvalue weighted by molar-refractivity contribution is -0.193. The zero-order valence-corrected chi connectivity index (χ0v) is 23.9. The molecule has 0 radical (unpaired) electrons. The van der Waals surface area contributed by atoms with E-state index in [-0.39, 0.29) is 0 Å². The number of aryl methyl sites for hydroxylation is 1. The van der Waals surface area contributed by atoms with Gasteiger partial charge in [0.05, 0.1) is 30.6 Å². The summed E-state index contributed by atoms with van der Waals surface area (Å²) in [6.45, 7) is 4.16. The number of nitrogens with one attached hydrogen (secondary N) is 1. The van der Waals surface area contributed by atoms with Crippen molar-refractivity contribution >= 4 is 28.8 Å². The van der Waals surface area contributed by atoms with Crippen LogP contribution in [0.2, 0.25) is 0 Å². The zero-order chi connectivity index (χ0) is 33.4. The first-order valence-corrected chi connectivity index (χ1v) is 13.2. The molecule has 5 rings (SSSR count). The SMILES string of the molecule is COc1cccc(Nc2ccc3c(C4CCCN4Cc4ccc(C)cc4)nnn3c2)c1.O=C(O)C(F)(F)F.O=C(O)C(F)(F)F. The lowest BCUT2D eigenvalue weighted by Gasteiger charge is -2.23. The Morgan fingerprint density at radius 1 is 0.956 bits per heavy atom. The number of hydrogen-bond donors (Lipinski definition) is 3. The summed E-state index contributed by atoms with van der Waals surface area (Å²) >= 11 is 0. The van der Waals surface area contributed by atoms with E-state index in [1.807, 2.05) is 35.0 Å². The predicted octanol–water partition coefficient (Wildman–Crippen LogP) is 6.39. The van der Waals surface area contributed by atoms with Gasteiger partial charge in [-0.15, -0.1) is 5.10 Å². The second kappa shape index (κ2) is 14.7. The number of fused-ring (bicyclic) bond motifs is 1. The number of halogens is 6. The number of carboxylic acid groups (broad SMARTS) is 2. The summed E-state index contributed by atoms with van der Waals surface area (Å²) in [7, 11) is 1.67. The van der Waals surface area contributed by atoms with Crippen LogP contribution in [0.25, 0.3) is 5.52 Å². The minimum absolute atomic E-state index is 0.302. The molecule has 2 aromatic carbocycles. The number of likely N-dealkylation sites (tertiary alicyclic amines) is 1. The van der Waals surface area contributed by atoms with Crippen molar-refractivity contribution in [3.8, 4) is 5.75 Å². The molecular formula is C29H29F6N5O5. The normalized spacial score (nSPS) is 15.0. The van der Waals surface area contributed by atoms with Crippen LogP contribution in [0.4, 0.5) is 37.7 Å². The van der Waals surface area contributed by atoms with Crippen LogP contribution in [-0.2, 0) is 16.1 Å². The second-order valence-electron chi connectivity index (χ2n) is 9.80. The number of carbonyl (C=O) groups is 2. The van der Waals surface area contributed by atoms with Crippen molar-refractivity contribution in [2.24, 2.45) is 0 Å². The standard InChI is InChI=1S/C25H27N5O.2C2HF3O2/c1-18-8-10-19(11-9-18)16-29-14-4-7-23(29)25-24-13-12-21(17-30(24)28-27-25)26-20-5-3-6-22(15-20)31-2;2*3-2(4,5)1(6)7/h3,5-6,8-13,15,17,23,26H,4,7,14,16H2,1-2H3;2*(H,6,7). The fraction of sp³-hybridized carbons (Fsp3) is 0.310. The fourth-order valence-electron chi connectivity index (χ4n) is 4.35. The highest BCUT2D eigenvalue weighted by Crippen LogP contribution is 2.34. The van der Waals surface area contributed by atoms with Crippen LogP contribution in [0.1, 0.15) is 35.7 Å². The van der Waals surface area contributed by atoms with Crippen molar-refractivity contribution in [2.75, 3.05) is 19.0 Å². The quantitative estimate of drug-likeness (QED) is 0.205. The Morgan fingerprint density at radius 3 is 2.16 bits per heavy atom. The number of anilines is 2. The first-order valence-electron chi connectivity index (χ1n) is 13.2. The van der Waals surface area contributed by atoms with E-state index in [2.05, 4.69) is 63.9 Å². The molecule has 1 fully saturated rings. The second-order valence-corrected chi connectivity index (χ2v) is 9.80. The number of methoxy groups -OCH3 is 1. The number of aliphatic carboxylic acids is 2. The first-order chi connectivity index (χ1) is 21.1. The molecule has 16 heteroatoms. The molecule has 45 heavy (non-hydrogen) atoms. The van der Waals surface area contributed by atoms with Crippen LogP contribution in [0, 0.1) is 6.92 Å². The van der Waals surface area contributed by atoms with E-state index in [4.69, 9.17) is 24.5 Å². The van der Waals surface area contributed by atoms with Gasteiger partial charge in [0.15, 0.2) is 0 Å². The number of alkyl halides is 6. The van der Waals surface area contributed by atoms with Crippen molar-refractivity contribution in [1.82, 2.24) is 19.7 Å². The van der Waals surface area contributed by atoms with Crippen molar-refractivity contribution in [3.05, 3.63) is 83.7 Å². The molecule has 10 nitrogen and oxygen atoms in total.